The lowest BCUT2D eigenvalue weighted by Gasteiger charge is -2.26. The van der Waals surface area contributed by atoms with Gasteiger partial charge in [-0.3, -0.25) is 0 Å². The molecule has 3 rings (SSSR count). The molecule has 21 heavy (non-hydrogen) atoms. The Kier molecular flexibility index (Phi) is 3.71. The van der Waals surface area contributed by atoms with Gasteiger partial charge in [0.2, 0.25) is 10.0 Å². The van der Waals surface area contributed by atoms with Crippen LogP contribution in [-0.4, -0.2) is 14.6 Å². The molecule has 108 valence electrons. The summed E-state index contributed by atoms with van der Waals surface area (Å²) in [7, 11) is -3.62. The predicted molar refractivity (Wildman–Crippen MR) is 84.7 cm³/mol. The highest BCUT2D eigenvalue weighted by atomic mass is 35.5. The zero-order valence-corrected chi connectivity index (χ0v) is 12.5. The highest BCUT2D eigenvalue weighted by Crippen LogP contribution is 2.32. The molecule has 1 heterocycles. The maximum atomic E-state index is 12.2. The zero-order valence-electron chi connectivity index (χ0n) is 11.0. The fourth-order valence-electron chi connectivity index (χ4n) is 2.18. The molecule has 1 aliphatic heterocycles. The van der Waals surface area contributed by atoms with Gasteiger partial charge in [0.15, 0.2) is 0 Å². The second kappa shape index (κ2) is 5.52. The third-order valence-corrected chi connectivity index (χ3v) is 5.08. The van der Waals surface area contributed by atoms with Crippen molar-refractivity contribution in [3.8, 4) is 0 Å². The standard InChI is InChI=1S/C15H13ClN2O2S/c16-12-7-4-8-13-15(12)21(19,20)18-14(17-13)10-9-11-5-2-1-3-6-11/h1-10,14,17-18H. The molecular formula is C15H13ClN2O2S. The molecule has 4 nitrogen and oxygen atoms in total. The molecule has 2 N–H and O–H groups in total. The van der Waals surface area contributed by atoms with E-state index in [4.69, 9.17) is 11.6 Å². The first-order valence-corrected chi connectivity index (χ1v) is 8.23. The minimum atomic E-state index is -3.62. The van der Waals surface area contributed by atoms with E-state index in [0.717, 1.165) is 5.56 Å². The Hall–Kier alpha value is -1.82. The number of nitrogens with one attached hydrogen (secondary N) is 2. The largest absolute Gasteiger partial charge is 0.365 e. The lowest BCUT2D eigenvalue weighted by Crippen LogP contribution is -2.43. The molecule has 0 spiro atoms. The highest BCUT2D eigenvalue weighted by molar-refractivity contribution is 7.89. The van der Waals surface area contributed by atoms with Crippen LogP contribution >= 0.6 is 11.6 Å². The fourth-order valence-corrected chi connectivity index (χ4v) is 3.99. The van der Waals surface area contributed by atoms with Crippen LogP contribution < -0.4 is 10.0 Å². The smallest absolute Gasteiger partial charge is 0.246 e. The number of halogens is 1. The summed E-state index contributed by atoms with van der Waals surface area (Å²) < 4.78 is 27.0. The molecule has 1 aliphatic rings. The minimum Gasteiger partial charge on any atom is -0.365 e. The SMILES string of the molecule is O=S1(=O)NC(C=Cc2ccccc2)Nc2cccc(Cl)c21. The molecule has 0 saturated heterocycles. The van der Waals surface area contributed by atoms with Crippen molar-refractivity contribution in [2.75, 3.05) is 5.32 Å². The Balaban J connectivity index is 1.91. The summed E-state index contributed by atoms with van der Waals surface area (Å²) in [6.07, 6.45) is 3.10. The molecule has 0 saturated carbocycles. The Morgan fingerprint density at radius 2 is 1.81 bits per heavy atom. The second-order valence-electron chi connectivity index (χ2n) is 4.63. The van der Waals surface area contributed by atoms with E-state index in [-0.39, 0.29) is 9.92 Å². The lowest BCUT2D eigenvalue weighted by molar-refractivity contribution is 0.573. The topological polar surface area (TPSA) is 58.2 Å². The van der Waals surface area contributed by atoms with Crippen molar-refractivity contribution >= 4 is 33.4 Å². The van der Waals surface area contributed by atoms with Crippen LogP contribution in [0.5, 0.6) is 0 Å². The van der Waals surface area contributed by atoms with Gasteiger partial charge in [-0.05, 0) is 23.8 Å². The molecule has 0 aromatic heterocycles. The normalized spacial score (nSPS) is 20.0. The fraction of sp³-hybridized carbons (Fsp3) is 0.0667. The number of hydrogen-bond donors (Lipinski definition) is 2. The lowest BCUT2D eigenvalue weighted by atomic mass is 10.2. The molecular weight excluding hydrogens is 308 g/mol. The van der Waals surface area contributed by atoms with Gasteiger partial charge in [-0.25, -0.2) is 8.42 Å². The van der Waals surface area contributed by atoms with Gasteiger partial charge in [0.1, 0.15) is 11.1 Å². The summed E-state index contributed by atoms with van der Waals surface area (Å²) in [4.78, 5) is 0.0935. The summed E-state index contributed by atoms with van der Waals surface area (Å²) in [5.74, 6) is 0. The van der Waals surface area contributed by atoms with Crippen LogP contribution in [0.3, 0.4) is 0 Å². The van der Waals surface area contributed by atoms with Crippen LogP contribution in [0, 0.1) is 0 Å². The summed E-state index contributed by atoms with van der Waals surface area (Å²) in [6, 6.07) is 14.6. The molecule has 0 bridgehead atoms. The molecule has 2 aromatic rings. The van der Waals surface area contributed by atoms with E-state index in [1.807, 2.05) is 36.4 Å². The molecule has 1 atom stereocenters. The maximum absolute atomic E-state index is 12.2. The van der Waals surface area contributed by atoms with E-state index in [2.05, 4.69) is 10.0 Å². The van der Waals surface area contributed by atoms with Crippen molar-refractivity contribution in [2.24, 2.45) is 0 Å². The second-order valence-corrected chi connectivity index (χ2v) is 6.69. The third-order valence-electron chi connectivity index (χ3n) is 3.11. The summed E-state index contributed by atoms with van der Waals surface area (Å²) in [6.45, 7) is 0. The first-order chi connectivity index (χ1) is 10.1. The van der Waals surface area contributed by atoms with Gasteiger partial charge in [-0.2, -0.15) is 4.72 Å². The monoisotopic (exact) mass is 320 g/mol. The Bertz CT molecular complexity index is 789. The van der Waals surface area contributed by atoms with E-state index in [1.54, 1.807) is 24.3 Å². The zero-order chi connectivity index (χ0) is 14.9. The van der Waals surface area contributed by atoms with E-state index in [1.165, 1.54) is 0 Å². The van der Waals surface area contributed by atoms with Gasteiger partial charge >= 0.3 is 0 Å². The Morgan fingerprint density at radius 3 is 2.57 bits per heavy atom. The number of anilines is 1. The highest BCUT2D eigenvalue weighted by Gasteiger charge is 2.29. The summed E-state index contributed by atoms with van der Waals surface area (Å²) >= 11 is 5.97. The number of hydrogen-bond acceptors (Lipinski definition) is 3. The third kappa shape index (κ3) is 2.95. The molecule has 2 aromatic carbocycles. The first-order valence-electron chi connectivity index (χ1n) is 6.37. The predicted octanol–water partition coefficient (Wildman–Crippen LogP) is 3.08. The van der Waals surface area contributed by atoms with Crippen LogP contribution in [-0.2, 0) is 10.0 Å². The van der Waals surface area contributed by atoms with Gasteiger partial charge in [-0.1, -0.05) is 54.1 Å². The van der Waals surface area contributed by atoms with Crippen LogP contribution in [0.25, 0.3) is 6.08 Å². The average Bonchev–Trinajstić information content (AvgIpc) is 2.45. The van der Waals surface area contributed by atoms with Gasteiger partial charge < -0.3 is 5.32 Å². The van der Waals surface area contributed by atoms with Gasteiger partial charge in [0.05, 0.1) is 10.7 Å². The molecule has 6 heteroatoms. The molecule has 0 radical (unpaired) electrons. The Morgan fingerprint density at radius 1 is 1.05 bits per heavy atom. The Labute approximate surface area is 128 Å². The van der Waals surface area contributed by atoms with Gasteiger partial charge in [0, 0.05) is 0 Å². The van der Waals surface area contributed by atoms with Crippen molar-refractivity contribution in [1.29, 1.82) is 0 Å². The summed E-state index contributed by atoms with van der Waals surface area (Å²) in [5.41, 5.74) is 1.50. The van der Waals surface area contributed by atoms with E-state index in [9.17, 15) is 8.42 Å². The van der Waals surface area contributed by atoms with E-state index >= 15 is 0 Å². The van der Waals surface area contributed by atoms with Crippen LogP contribution in [0.1, 0.15) is 5.56 Å². The number of fused-ring (bicyclic) bond motifs is 1. The average molecular weight is 321 g/mol. The quantitative estimate of drug-likeness (QED) is 0.894. The number of benzene rings is 2. The van der Waals surface area contributed by atoms with Crippen molar-refractivity contribution < 1.29 is 8.42 Å². The van der Waals surface area contributed by atoms with Crippen LogP contribution in [0.15, 0.2) is 59.5 Å². The number of sulfonamides is 1. The van der Waals surface area contributed by atoms with E-state index in [0.29, 0.717) is 5.69 Å². The van der Waals surface area contributed by atoms with Crippen LogP contribution in [0.4, 0.5) is 5.69 Å². The molecule has 0 aliphatic carbocycles. The molecule has 0 fully saturated rings. The van der Waals surface area contributed by atoms with Gasteiger partial charge in [0.25, 0.3) is 0 Å². The van der Waals surface area contributed by atoms with E-state index < -0.39 is 16.2 Å². The van der Waals surface area contributed by atoms with Crippen LogP contribution in [0.2, 0.25) is 5.02 Å². The van der Waals surface area contributed by atoms with Crippen molar-refractivity contribution in [3.05, 3.63) is 65.2 Å². The minimum absolute atomic E-state index is 0.0935. The van der Waals surface area contributed by atoms with Crippen molar-refractivity contribution in [1.82, 2.24) is 4.72 Å². The van der Waals surface area contributed by atoms with Crippen molar-refractivity contribution in [3.63, 3.8) is 0 Å². The number of rotatable bonds is 2. The molecule has 1 unspecified atom stereocenters. The van der Waals surface area contributed by atoms with Gasteiger partial charge in [-0.15, -0.1) is 0 Å². The maximum Gasteiger partial charge on any atom is 0.246 e. The summed E-state index contributed by atoms with van der Waals surface area (Å²) in [5, 5.41) is 3.31. The molecule has 0 amide bonds. The van der Waals surface area contributed by atoms with Crippen molar-refractivity contribution in [2.45, 2.75) is 11.1 Å². The first kappa shape index (κ1) is 14.1.